The van der Waals surface area contributed by atoms with Gasteiger partial charge < -0.3 is 9.64 Å². The fourth-order valence-corrected chi connectivity index (χ4v) is 3.98. The molecule has 1 saturated carbocycles. The van der Waals surface area contributed by atoms with E-state index in [1.165, 1.54) is 26.4 Å². The minimum absolute atomic E-state index is 0.0695. The molecular formula is C20H30N2O4. The van der Waals surface area contributed by atoms with Gasteiger partial charge in [-0.2, -0.15) is 0 Å². The molecule has 1 aromatic carbocycles. The van der Waals surface area contributed by atoms with E-state index >= 15 is 0 Å². The predicted octanol–water partition coefficient (Wildman–Crippen LogP) is 4.81. The molecule has 0 saturated heterocycles. The number of carbonyl (C=O) groups excluding carboxylic acids is 1. The number of benzene rings is 1. The van der Waals surface area contributed by atoms with Gasteiger partial charge in [0.1, 0.15) is 5.69 Å². The average Bonchev–Trinajstić information content (AvgIpc) is 2.67. The summed E-state index contributed by atoms with van der Waals surface area (Å²) < 4.78 is 4.76. The number of hydrogen-bond acceptors (Lipinski definition) is 5. The van der Waals surface area contributed by atoms with E-state index in [-0.39, 0.29) is 28.9 Å². The summed E-state index contributed by atoms with van der Waals surface area (Å²) >= 11 is 0. The summed E-state index contributed by atoms with van der Waals surface area (Å²) in [6.07, 6.45) is 6.77. The van der Waals surface area contributed by atoms with Gasteiger partial charge in [-0.1, -0.05) is 32.3 Å². The lowest BCUT2D eigenvalue weighted by Gasteiger charge is -2.35. The number of rotatable bonds is 8. The Balaban J connectivity index is 2.35. The summed E-state index contributed by atoms with van der Waals surface area (Å²) in [5, 5.41) is 11.8. The van der Waals surface area contributed by atoms with Crippen LogP contribution in [0.3, 0.4) is 0 Å². The molecule has 144 valence electrons. The van der Waals surface area contributed by atoms with Crippen molar-refractivity contribution < 1.29 is 14.5 Å². The van der Waals surface area contributed by atoms with Crippen LogP contribution in [0.25, 0.3) is 0 Å². The van der Waals surface area contributed by atoms with E-state index in [2.05, 4.69) is 11.8 Å². The van der Waals surface area contributed by atoms with Crippen LogP contribution in [-0.4, -0.2) is 30.6 Å². The van der Waals surface area contributed by atoms with Gasteiger partial charge in [0.05, 0.1) is 18.5 Å². The number of nitrogens with zero attached hydrogens (tertiary/aromatic N) is 2. The zero-order valence-corrected chi connectivity index (χ0v) is 16.1. The molecule has 1 aromatic rings. The van der Waals surface area contributed by atoms with E-state index in [4.69, 9.17) is 4.74 Å². The van der Waals surface area contributed by atoms with Crippen LogP contribution >= 0.6 is 0 Å². The summed E-state index contributed by atoms with van der Waals surface area (Å²) in [7, 11) is 1.36. The molecular weight excluding hydrogens is 332 g/mol. The normalized spacial score (nSPS) is 16.1. The van der Waals surface area contributed by atoms with Gasteiger partial charge in [-0.15, -0.1) is 0 Å². The molecule has 0 amide bonds. The van der Waals surface area contributed by atoms with E-state index in [9.17, 15) is 14.9 Å². The van der Waals surface area contributed by atoms with Gasteiger partial charge in [-0.3, -0.25) is 14.9 Å². The number of ether oxygens (including phenoxy) is 1. The lowest BCUT2D eigenvalue weighted by molar-refractivity contribution is -0.384. The van der Waals surface area contributed by atoms with Crippen molar-refractivity contribution in [2.45, 2.75) is 70.8 Å². The van der Waals surface area contributed by atoms with Crippen molar-refractivity contribution in [1.82, 2.24) is 0 Å². The van der Waals surface area contributed by atoms with Crippen molar-refractivity contribution in [3.63, 3.8) is 0 Å². The van der Waals surface area contributed by atoms with Gasteiger partial charge in [-0.05, 0) is 43.7 Å². The first-order chi connectivity index (χ1) is 12.5. The number of carbonyl (C=O) groups is 1. The second kappa shape index (κ2) is 9.55. The number of anilines is 1. The van der Waals surface area contributed by atoms with Gasteiger partial charge in [0.2, 0.25) is 0 Å². The van der Waals surface area contributed by atoms with Crippen molar-refractivity contribution in [1.29, 1.82) is 0 Å². The fraction of sp³-hybridized carbons (Fsp3) is 0.650. The Kier molecular flexibility index (Phi) is 7.42. The first-order valence-corrected chi connectivity index (χ1v) is 9.63. The Hall–Kier alpha value is -2.11. The maximum Gasteiger partial charge on any atom is 0.306 e. The van der Waals surface area contributed by atoms with Crippen molar-refractivity contribution in [3.8, 4) is 0 Å². The van der Waals surface area contributed by atoms with Crippen LogP contribution in [0, 0.1) is 10.1 Å². The van der Waals surface area contributed by atoms with Crippen LogP contribution in [0.4, 0.5) is 11.4 Å². The van der Waals surface area contributed by atoms with Gasteiger partial charge >= 0.3 is 5.97 Å². The minimum Gasteiger partial charge on any atom is -0.469 e. The van der Waals surface area contributed by atoms with Crippen molar-refractivity contribution in [2.24, 2.45) is 0 Å². The lowest BCUT2D eigenvalue weighted by Crippen LogP contribution is -2.37. The molecule has 0 unspecified atom stereocenters. The van der Waals surface area contributed by atoms with Crippen LogP contribution in [0.15, 0.2) is 18.2 Å². The third-order valence-electron chi connectivity index (χ3n) is 5.47. The predicted molar refractivity (Wildman–Crippen MR) is 103 cm³/mol. The van der Waals surface area contributed by atoms with Crippen LogP contribution in [0.1, 0.15) is 70.3 Å². The fourth-order valence-electron chi connectivity index (χ4n) is 3.98. The van der Waals surface area contributed by atoms with Gasteiger partial charge in [0, 0.05) is 18.7 Å². The van der Waals surface area contributed by atoms with Gasteiger partial charge in [0.15, 0.2) is 0 Å². The highest BCUT2D eigenvalue weighted by Gasteiger charge is 2.27. The highest BCUT2D eigenvalue weighted by molar-refractivity contribution is 5.71. The summed E-state index contributed by atoms with van der Waals surface area (Å²) in [4.78, 5) is 25.3. The molecule has 2 rings (SSSR count). The zero-order chi connectivity index (χ0) is 19.1. The quantitative estimate of drug-likeness (QED) is 0.377. The Bertz CT molecular complexity index is 626. The van der Waals surface area contributed by atoms with Crippen molar-refractivity contribution in [2.75, 3.05) is 18.6 Å². The smallest absolute Gasteiger partial charge is 0.306 e. The van der Waals surface area contributed by atoms with E-state index in [0.717, 1.165) is 31.4 Å². The SMILES string of the molecule is CC[C@@H](CC(=O)OC)c1ccc(N(CC)C2CCCCC2)c([N+](=O)[O-])c1. The summed E-state index contributed by atoms with van der Waals surface area (Å²) in [5.41, 5.74) is 1.66. The largest absolute Gasteiger partial charge is 0.469 e. The van der Waals surface area contributed by atoms with Crippen LogP contribution in [0.2, 0.25) is 0 Å². The van der Waals surface area contributed by atoms with Crippen LogP contribution < -0.4 is 4.90 Å². The standard InChI is InChI=1S/C20H30N2O4/c1-4-15(14-20(23)26-3)16-11-12-18(19(13-16)22(24)25)21(5-2)17-9-7-6-8-10-17/h11-13,15,17H,4-10,14H2,1-3H3/t15-/m0/s1. The molecule has 6 nitrogen and oxygen atoms in total. The first kappa shape index (κ1) is 20.2. The molecule has 0 radical (unpaired) electrons. The molecule has 1 atom stereocenters. The minimum atomic E-state index is -0.296. The van der Waals surface area contributed by atoms with Crippen LogP contribution in [-0.2, 0) is 9.53 Å². The zero-order valence-electron chi connectivity index (χ0n) is 16.1. The van der Waals surface area contributed by atoms with E-state index in [1.54, 1.807) is 6.07 Å². The van der Waals surface area contributed by atoms with E-state index in [0.29, 0.717) is 11.7 Å². The van der Waals surface area contributed by atoms with Gasteiger partial charge in [-0.25, -0.2) is 0 Å². The third kappa shape index (κ3) is 4.74. The number of nitro benzene ring substituents is 1. The summed E-state index contributed by atoms with van der Waals surface area (Å²) in [6, 6.07) is 5.82. The highest BCUT2D eigenvalue weighted by atomic mass is 16.6. The molecule has 0 aromatic heterocycles. The second-order valence-corrected chi connectivity index (χ2v) is 6.97. The number of methoxy groups -OCH3 is 1. The number of esters is 1. The molecule has 0 bridgehead atoms. The lowest BCUT2D eigenvalue weighted by atomic mass is 9.91. The molecule has 1 aliphatic carbocycles. The molecule has 0 spiro atoms. The number of hydrogen-bond donors (Lipinski definition) is 0. The Morgan fingerprint density at radius 1 is 1.31 bits per heavy atom. The van der Waals surface area contributed by atoms with Gasteiger partial charge in [0.25, 0.3) is 5.69 Å². The molecule has 1 aliphatic rings. The number of nitro groups is 1. The van der Waals surface area contributed by atoms with Crippen LogP contribution in [0.5, 0.6) is 0 Å². The molecule has 6 heteroatoms. The highest BCUT2D eigenvalue weighted by Crippen LogP contribution is 2.37. The Labute approximate surface area is 155 Å². The second-order valence-electron chi connectivity index (χ2n) is 6.97. The van der Waals surface area contributed by atoms with E-state index in [1.807, 2.05) is 19.1 Å². The van der Waals surface area contributed by atoms with E-state index < -0.39 is 0 Å². The summed E-state index contributed by atoms with van der Waals surface area (Å²) in [5.74, 6) is -0.360. The molecule has 0 heterocycles. The average molecular weight is 362 g/mol. The molecule has 1 fully saturated rings. The molecule has 0 N–H and O–H groups in total. The Morgan fingerprint density at radius 3 is 2.54 bits per heavy atom. The maximum atomic E-state index is 11.8. The topological polar surface area (TPSA) is 72.7 Å². The van der Waals surface area contributed by atoms with Crippen molar-refractivity contribution >= 4 is 17.3 Å². The maximum absolute atomic E-state index is 11.8. The molecule has 26 heavy (non-hydrogen) atoms. The van der Waals surface area contributed by atoms with Crippen molar-refractivity contribution in [3.05, 3.63) is 33.9 Å². The summed E-state index contributed by atoms with van der Waals surface area (Å²) in [6.45, 7) is 4.79. The first-order valence-electron chi connectivity index (χ1n) is 9.63. The molecule has 0 aliphatic heterocycles. The third-order valence-corrected chi connectivity index (χ3v) is 5.47. The monoisotopic (exact) mass is 362 g/mol. The Morgan fingerprint density at radius 2 is 2.00 bits per heavy atom.